The van der Waals surface area contributed by atoms with Crippen molar-refractivity contribution < 1.29 is 18.7 Å². The number of carbonyl (C=O) groups excluding carboxylic acids is 2. The second-order valence-corrected chi connectivity index (χ2v) is 8.16. The summed E-state index contributed by atoms with van der Waals surface area (Å²) in [4.78, 5) is 28.0. The van der Waals surface area contributed by atoms with Crippen molar-refractivity contribution in [2.75, 3.05) is 19.0 Å². The molecule has 4 rings (SSSR count). The fraction of sp³-hybridized carbons (Fsp3) is 0.154. The molecule has 0 saturated heterocycles. The molecule has 5 nitrogen and oxygen atoms in total. The summed E-state index contributed by atoms with van der Waals surface area (Å²) >= 11 is 6.03. The van der Waals surface area contributed by atoms with Gasteiger partial charge in [-0.05, 0) is 66.4 Å². The van der Waals surface area contributed by atoms with Gasteiger partial charge in [-0.2, -0.15) is 0 Å². The lowest BCUT2D eigenvalue weighted by atomic mass is 10.0. The van der Waals surface area contributed by atoms with Gasteiger partial charge in [0, 0.05) is 11.6 Å². The van der Waals surface area contributed by atoms with Crippen molar-refractivity contribution in [3.63, 3.8) is 0 Å². The molecule has 0 atom stereocenters. The highest BCUT2D eigenvalue weighted by atomic mass is 35.5. The lowest BCUT2D eigenvalue weighted by molar-refractivity contribution is -0.136. The van der Waals surface area contributed by atoms with E-state index in [1.54, 1.807) is 49.6 Å². The summed E-state index contributed by atoms with van der Waals surface area (Å²) in [5.41, 5.74) is 3.39. The highest BCUT2D eigenvalue weighted by molar-refractivity contribution is 6.37. The summed E-state index contributed by atoms with van der Waals surface area (Å²) in [7, 11) is 1.54. The van der Waals surface area contributed by atoms with Crippen LogP contribution in [0.1, 0.15) is 16.7 Å². The zero-order valence-corrected chi connectivity index (χ0v) is 18.9. The third kappa shape index (κ3) is 4.76. The molecule has 0 bridgehead atoms. The highest BCUT2D eigenvalue weighted by Gasteiger charge is 2.39. The predicted molar refractivity (Wildman–Crippen MR) is 127 cm³/mol. The summed E-state index contributed by atoms with van der Waals surface area (Å²) < 4.78 is 18.6. The Morgan fingerprint density at radius 1 is 0.970 bits per heavy atom. The van der Waals surface area contributed by atoms with Crippen molar-refractivity contribution in [2.24, 2.45) is 0 Å². The Hall–Kier alpha value is -3.64. The maximum absolute atomic E-state index is 13.4. The van der Waals surface area contributed by atoms with E-state index in [2.05, 4.69) is 5.32 Å². The number of rotatable bonds is 7. The van der Waals surface area contributed by atoms with Crippen LogP contribution in [0.15, 0.2) is 72.4 Å². The van der Waals surface area contributed by atoms with Gasteiger partial charge in [-0.3, -0.25) is 14.5 Å². The number of nitrogens with one attached hydrogen (secondary N) is 1. The Labute approximate surface area is 196 Å². The number of hydrogen-bond donors (Lipinski definition) is 1. The quantitative estimate of drug-likeness (QED) is 0.486. The van der Waals surface area contributed by atoms with Crippen molar-refractivity contribution in [3.05, 3.63) is 100.0 Å². The molecule has 1 aliphatic rings. The number of carbonyl (C=O) groups is 2. The monoisotopic (exact) mass is 464 g/mol. The smallest absolute Gasteiger partial charge is 0.278 e. The molecule has 1 N–H and O–H groups in total. The lowest BCUT2D eigenvalue weighted by Gasteiger charge is -2.16. The average Bonchev–Trinajstić information content (AvgIpc) is 3.03. The largest absolute Gasteiger partial charge is 0.495 e. The van der Waals surface area contributed by atoms with Crippen LogP contribution in [0.25, 0.3) is 5.57 Å². The summed E-state index contributed by atoms with van der Waals surface area (Å²) in [6.45, 7) is 2.09. The number of amides is 2. The topological polar surface area (TPSA) is 58.6 Å². The number of hydrogen-bond acceptors (Lipinski definition) is 4. The van der Waals surface area contributed by atoms with Crippen LogP contribution >= 0.6 is 11.6 Å². The molecule has 1 aliphatic heterocycles. The second-order valence-electron chi connectivity index (χ2n) is 7.72. The van der Waals surface area contributed by atoms with Crippen molar-refractivity contribution in [1.29, 1.82) is 0 Å². The van der Waals surface area contributed by atoms with Gasteiger partial charge in [0.1, 0.15) is 17.3 Å². The van der Waals surface area contributed by atoms with E-state index in [1.165, 1.54) is 17.0 Å². The lowest BCUT2D eigenvalue weighted by Crippen LogP contribution is -2.34. The molecule has 7 heteroatoms. The summed E-state index contributed by atoms with van der Waals surface area (Å²) in [5, 5.41) is 3.67. The Kier molecular flexibility index (Phi) is 6.47. The van der Waals surface area contributed by atoms with Gasteiger partial charge in [0.15, 0.2) is 0 Å². The maximum Gasteiger partial charge on any atom is 0.278 e. The van der Waals surface area contributed by atoms with E-state index >= 15 is 0 Å². The molecule has 0 aliphatic carbocycles. The Morgan fingerprint density at radius 2 is 1.67 bits per heavy atom. The summed E-state index contributed by atoms with van der Waals surface area (Å²) in [6, 6.07) is 18.3. The number of halogens is 2. The first-order chi connectivity index (χ1) is 15.9. The number of nitrogens with zero attached hydrogens (tertiary/aromatic N) is 1. The highest BCUT2D eigenvalue weighted by Crippen LogP contribution is 2.34. The zero-order chi connectivity index (χ0) is 23.5. The van der Waals surface area contributed by atoms with Crippen LogP contribution in [0.5, 0.6) is 5.75 Å². The van der Waals surface area contributed by atoms with Gasteiger partial charge in [-0.1, -0.05) is 41.9 Å². The molecule has 168 valence electrons. The van der Waals surface area contributed by atoms with E-state index < -0.39 is 11.8 Å². The van der Waals surface area contributed by atoms with Crippen molar-refractivity contribution in [3.8, 4) is 5.75 Å². The molecule has 0 spiro atoms. The van der Waals surface area contributed by atoms with Crippen LogP contribution in [0.2, 0.25) is 5.02 Å². The first-order valence-corrected chi connectivity index (χ1v) is 10.8. The molecule has 3 aromatic rings. The fourth-order valence-electron chi connectivity index (χ4n) is 3.73. The van der Waals surface area contributed by atoms with Crippen LogP contribution in [0, 0.1) is 12.7 Å². The number of imide groups is 1. The normalized spacial score (nSPS) is 13.6. The van der Waals surface area contributed by atoms with Gasteiger partial charge in [-0.25, -0.2) is 4.39 Å². The molecule has 0 radical (unpaired) electrons. The number of aryl methyl sites for hydroxylation is 1. The molecule has 0 fully saturated rings. The SMILES string of the molecule is COc1ccc(C)cc1NC1=C(c2ccc(Cl)cc2)C(=O)N(CCc2ccc(F)cc2)C1=O. The van der Waals surface area contributed by atoms with E-state index in [4.69, 9.17) is 16.3 Å². The molecule has 0 aromatic heterocycles. The number of ether oxygens (including phenoxy) is 1. The van der Waals surface area contributed by atoms with Gasteiger partial charge in [0.05, 0.1) is 18.4 Å². The van der Waals surface area contributed by atoms with Gasteiger partial charge >= 0.3 is 0 Å². The van der Waals surface area contributed by atoms with Gasteiger partial charge in [-0.15, -0.1) is 0 Å². The molecular weight excluding hydrogens is 443 g/mol. The predicted octanol–water partition coefficient (Wildman–Crippen LogP) is 5.23. The average molecular weight is 465 g/mol. The summed E-state index contributed by atoms with van der Waals surface area (Å²) in [6.07, 6.45) is 0.409. The number of methoxy groups -OCH3 is 1. The Balaban J connectivity index is 1.69. The van der Waals surface area contributed by atoms with Crippen LogP contribution < -0.4 is 10.1 Å². The van der Waals surface area contributed by atoms with E-state index in [-0.39, 0.29) is 23.6 Å². The van der Waals surface area contributed by atoms with E-state index in [0.717, 1.165) is 11.1 Å². The van der Waals surface area contributed by atoms with E-state index in [9.17, 15) is 14.0 Å². The molecule has 1 heterocycles. The minimum Gasteiger partial charge on any atom is -0.495 e. The fourth-order valence-corrected chi connectivity index (χ4v) is 3.85. The van der Waals surface area contributed by atoms with E-state index in [1.807, 2.05) is 19.1 Å². The van der Waals surface area contributed by atoms with Crippen LogP contribution in [0.3, 0.4) is 0 Å². The third-order valence-corrected chi connectivity index (χ3v) is 5.70. The van der Waals surface area contributed by atoms with Gasteiger partial charge in [0.2, 0.25) is 0 Å². The number of anilines is 1. The standard InChI is InChI=1S/C26H22ClFN2O3/c1-16-3-12-22(33-2)21(15-16)29-24-23(18-6-8-19(27)9-7-18)25(31)30(26(24)32)14-13-17-4-10-20(28)11-5-17/h3-12,15,29H,13-14H2,1-2H3. The zero-order valence-electron chi connectivity index (χ0n) is 18.2. The minimum atomic E-state index is -0.435. The molecule has 0 unspecified atom stereocenters. The Morgan fingerprint density at radius 3 is 2.33 bits per heavy atom. The summed E-state index contributed by atoms with van der Waals surface area (Å²) in [5.74, 6) is -0.625. The molecule has 3 aromatic carbocycles. The van der Waals surface area contributed by atoms with Crippen LogP contribution in [-0.4, -0.2) is 30.4 Å². The Bertz CT molecular complexity index is 1240. The molecule has 33 heavy (non-hydrogen) atoms. The molecular formula is C26H22ClFN2O3. The van der Waals surface area contributed by atoms with Crippen LogP contribution in [0.4, 0.5) is 10.1 Å². The third-order valence-electron chi connectivity index (χ3n) is 5.45. The number of benzene rings is 3. The van der Waals surface area contributed by atoms with Crippen molar-refractivity contribution >= 4 is 34.7 Å². The van der Waals surface area contributed by atoms with E-state index in [0.29, 0.717) is 28.4 Å². The van der Waals surface area contributed by atoms with Gasteiger partial charge in [0.25, 0.3) is 11.8 Å². The maximum atomic E-state index is 13.4. The van der Waals surface area contributed by atoms with Crippen LogP contribution in [-0.2, 0) is 16.0 Å². The first kappa shape index (κ1) is 22.6. The van der Waals surface area contributed by atoms with Crippen molar-refractivity contribution in [1.82, 2.24) is 4.90 Å². The van der Waals surface area contributed by atoms with Crippen molar-refractivity contribution in [2.45, 2.75) is 13.3 Å². The van der Waals surface area contributed by atoms with Gasteiger partial charge < -0.3 is 10.1 Å². The second kappa shape index (κ2) is 9.46. The minimum absolute atomic E-state index is 0.163. The first-order valence-electron chi connectivity index (χ1n) is 10.4. The molecule has 2 amide bonds. The molecule has 0 saturated carbocycles.